The Hall–Kier alpha value is -2.30. The number of benzene rings is 1. The molecule has 0 radical (unpaired) electrons. The number of nitrogens with zero attached hydrogens (tertiary/aromatic N) is 7. The molecule has 24 heavy (non-hydrogen) atoms. The van der Waals surface area contributed by atoms with Gasteiger partial charge in [0.25, 0.3) is 0 Å². The summed E-state index contributed by atoms with van der Waals surface area (Å²) in [5, 5.41) is 21.5. The third-order valence-corrected chi connectivity index (χ3v) is 4.36. The molecule has 1 aromatic heterocycles. The van der Waals surface area contributed by atoms with Crippen LogP contribution in [0.1, 0.15) is 24.7 Å². The molecule has 0 bridgehead atoms. The Kier molecular flexibility index (Phi) is 5.51. The van der Waals surface area contributed by atoms with Crippen LogP contribution in [0.15, 0.2) is 30.3 Å². The lowest BCUT2D eigenvalue weighted by Gasteiger charge is -2.38. The van der Waals surface area contributed by atoms with E-state index in [9.17, 15) is 5.26 Å². The van der Waals surface area contributed by atoms with Gasteiger partial charge in [0.05, 0.1) is 12.6 Å². The lowest BCUT2D eigenvalue weighted by molar-refractivity contribution is 0.0874. The van der Waals surface area contributed by atoms with Crippen LogP contribution >= 0.6 is 0 Å². The van der Waals surface area contributed by atoms with Crippen molar-refractivity contribution in [2.75, 3.05) is 19.6 Å². The minimum atomic E-state index is -0.102. The smallest absolute Gasteiger partial charge is 0.165 e. The largest absolute Gasteiger partial charge is 0.292 e. The van der Waals surface area contributed by atoms with Gasteiger partial charge < -0.3 is 0 Å². The maximum atomic E-state index is 9.56. The molecule has 2 heterocycles. The summed E-state index contributed by atoms with van der Waals surface area (Å²) >= 11 is 0. The van der Waals surface area contributed by atoms with Crippen LogP contribution in [-0.2, 0) is 19.6 Å². The van der Waals surface area contributed by atoms with Crippen molar-refractivity contribution in [1.29, 1.82) is 5.26 Å². The van der Waals surface area contributed by atoms with Crippen LogP contribution in [0.25, 0.3) is 0 Å². The first-order valence-corrected chi connectivity index (χ1v) is 8.45. The van der Waals surface area contributed by atoms with Gasteiger partial charge in [-0.2, -0.15) is 5.26 Å². The van der Waals surface area contributed by atoms with Crippen molar-refractivity contribution < 1.29 is 0 Å². The van der Waals surface area contributed by atoms with Crippen molar-refractivity contribution >= 4 is 0 Å². The minimum Gasteiger partial charge on any atom is -0.292 e. The third kappa shape index (κ3) is 3.96. The van der Waals surface area contributed by atoms with E-state index in [1.165, 1.54) is 5.56 Å². The summed E-state index contributed by atoms with van der Waals surface area (Å²) < 4.78 is 1.86. The van der Waals surface area contributed by atoms with Crippen molar-refractivity contribution in [3.8, 4) is 6.07 Å². The average molecular weight is 325 g/mol. The normalized spacial score (nSPS) is 19.2. The highest BCUT2D eigenvalue weighted by atomic mass is 15.5. The molecule has 7 heteroatoms. The molecule has 1 saturated heterocycles. The summed E-state index contributed by atoms with van der Waals surface area (Å²) in [4.78, 5) is 4.52. The molecule has 2 aromatic rings. The highest BCUT2D eigenvalue weighted by Crippen LogP contribution is 2.15. The Labute approximate surface area is 142 Å². The van der Waals surface area contributed by atoms with Gasteiger partial charge in [0.15, 0.2) is 5.82 Å². The summed E-state index contributed by atoms with van der Waals surface area (Å²) in [7, 11) is 0. The molecular formula is C17H23N7. The van der Waals surface area contributed by atoms with Gasteiger partial charge in [-0.1, -0.05) is 37.3 Å². The van der Waals surface area contributed by atoms with Gasteiger partial charge in [0.2, 0.25) is 0 Å². The van der Waals surface area contributed by atoms with Crippen LogP contribution in [0, 0.1) is 11.3 Å². The number of rotatable bonds is 6. The second kappa shape index (κ2) is 7.99. The predicted octanol–water partition coefficient (Wildman–Crippen LogP) is 1.29. The first kappa shape index (κ1) is 16.6. The van der Waals surface area contributed by atoms with E-state index in [4.69, 9.17) is 0 Å². The van der Waals surface area contributed by atoms with Crippen LogP contribution in [0.4, 0.5) is 0 Å². The molecule has 0 amide bonds. The van der Waals surface area contributed by atoms with Gasteiger partial charge in [-0.05, 0) is 22.4 Å². The molecule has 7 nitrogen and oxygen atoms in total. The fourth-order valence-corrected chi connectivity index (χ4v) is 3.07. The predicted molar refractivity (Wildman–Crippen MR) is 89.6 cm³/mol. The Morgan fingerprint density at radius 3 is 2.79 bits per heavy atom. The zero-order chi connectivity index (χ0) is 16.8. The van der Waals surface area contributed by atoms with E-state index < -0.39 is 0 Å². The molecule has 1 aliphatic heterocycles. The third-order valence-electron chi connectivity index (χ3n) is 4.36. The number of hydrogen-bond donors (Lipinski definition) is 0. The number of aryl methyl sites for hydroxylation is 1. The second-order valence-electron chi connectivity index (χ2n) is 6.15. The summed E-state index contributed by atoms with van der Waals surface area (Å²) in [6, 6.07) is 12.7. The number of piperazine rings is 1. The molecule has 1 aromatic carbocycles. The lowest BCUT2D eigenvalue weighted by Crippen LogP contribution is -2.51. The molecule has 1 fully saturated rings. The Morgan fingerprint density at radius 1 is 1.21 bits per heavy atom. The quantitative estimate of drug-likeness (QED) is 0.797. The van der Waals surface area contributed by atoms with Gasteiger partial charge in [0, 0.05) is 32.7 Å². The maximum Gasteiger partial charge on any atom is 0.165 e. The van der Waals surface area contributed by atoms with E-state index >= 15 is 0 Å². The summed E-state index contributed by atoms with van der Waals surface area (Å²) in [6.45, 7) is 6.98. The van der Waals surface area contributed by atoms with Gasteiger partial charge in [-0.25, -0.2) is 4.68 Å². The van der Waals surface area contributed by atoms with E-state index in [-0.39, 0.29) is 6.04 Å². The fraction of sp³-hybridized carbons (Fsp3) is 0.529. The molecule has 1 atom stereocenters. The fourth-order valence-electron chi connectivity index (χ4n) is 3.07. The molecular weight excluding hydrogens is 302 g/mol. The molecule has 0 N–H and O–H groups in total. The SMILES string of the molecule is CCCn1nnnc1CN1CCN(Cc2ccccc2)[C@@H](C#N)C1. The first-order chi connectivity index (χ1) is 11.8. The van der Waals surface area contributed by atoms with Gasteiger partial charge in [-0.15, -0.1) is 5.10 Å². The molecule has 0 aliphatic carbocycles. The first-order valence-electron chi connectivity index (χ1n) is 8.45. The van der Waals surface area contributed by atoms with E-state index in [0.717, 1.165) is 45.0 Å². The molecule has 0 spiro atoms. The number of hydrogen-bond acceptors (Lipinski definition) is 6. The van der Waals surface area contributed by atoms with Gasteiger partial charge in [-0.3, -0.25) is 9.80 Å². The zero-order valence-corrected chi connectivity index (χ0v) is 14.0. The minimum absolute atomic E-state index is 0.102. The van der Waals surface area contributed by atoms with Crippen LogP contribution in [0.3, 0.4) is 0 Å². The lowest BCUT2D eigenvalue weighted by atomic mass is 10.1. The van der Waals surface area contributed by atoms with E-state index in [0.29, 0.717) is 6.54 Å². The van der Waals surface area contributed by atoms with Crippen molar-refractivity contribution in [3.05, 3.63) is 41.7 Å². The van der Waals surface area contributed by atoms with Crippen LogP contribution in [0.5, 0.6) is 0 Å². The monoisotopic (exact) mass is 325 g/mol. The van der Waals surface area contributed by atoms with Crippen molar-refractivity contribution in [2.24, 2.45) is 0 Å². The molecule has 126 valence electrons. The summed E-state index contributed by atoms with van der Waals surface area (Å²) in [6.07, 6.45) is 1.00. The van der Waals surface area contributed by atoms with E-state index in [1.54, 1.807) is 0 Å². The molecule has 0 saturated carbocycles. The van der Waals surface area contributed by atoms with Crippen molar-refractivity contribution in [3.63, 3.8) is 0 Å². The van der Waals surface area contributed by atoms with E-state index in [2.05, 4.69) is 50.5 Å². The standard InChI is InChI=1S/C17H23N7/c1-2-8-24-17(19-20-21-24)14-22-9-10-23(16(11-18)13-22)12-15-6-4-3-5-7-15/h3-7,16H,2,8-10,12-14H2,1H3/t16-/m0/s1. The molecule has 1 aliphatic rings. The Morgan fingerprint density at radius 2 is 2.04 bits per heavy atom. The number of nitriles is 1. The zero-order valence-electron chi connectivity index (χ0n) is 14.0. The maximum absolute atomic E-state index is 9.56. The van der Waals surface area contributed by atoms with Crippen LogP contribution in [0.2, 0.25) is 0 Å². The van der Waals surface area contributed by atoms with Gasteiger partial charge >= 0.3 is 0 Å². The second-order valence-corrected chi connectivity index (χ2v) is 6.15. The Balaban J connectivity index is 1.60. The number of tetrazole rings is 1. The number of aromatic nitrogens is 4. The van der Waals surface area contributed by atoms with Crippen LogP contribution in [-0.4, -0.2) is 55.7 Å². The van der Waals surface area contributed by atoms with Crippen molar-refractivity contribution in [2.45, 2.75) is 39.0 Å². The van der Waals surface area contributed by atoms with Crippen LogP contribution < -0.4 is 0 Å². The van der Waals surface area contributed by atoms with Gasteiger partial charge in [0.1, 0.15) is 6.04 Å². The summed E-state index contributed by atoms with van der Waals surface area (Å²) in [5.74, 6) is 0.880. The molecule has 0 unspecified atom stereocenters. The highest BCUT2D eigenvalue weighted by molar-refractivity contribution is 5.15. The topological polar surface area (TPSA) is 73.9 Å². The Bertz CT molecular complexity index is 676. The average Bonchev–Trinajstić information content (AvgIpc) is 3.04. The summed E-state index contributed by atoms with van der Waals surface area (Å²) in [5.41, 5.74) is 1.25. The highest BCUT2D eigenvalue weighted by Gasteiger charge is 2.27. The van der Waals surface area contributed by atoms with Crippen molar-refractivity contribution in [1.82, 2.24) is 30.0 Å². The molecule has 3 rings (SSSR count). The van der Waals surface area contributed by atoms with E-state index in [1.807, 2.05) is 22.9 Å².